The van der Waals surface area contributed by atoms with Crippen LogP contribution in [0, 0.1) is 10.1 Å². The number of benzene rings is 2. The van der Waals surface area contributed by atoms with Crippen LogP contribution in [-0.4, -0.2) is 28.6 Å². The zero-order chi connectivity index (χ0) is 21.1. The molecule has 0 atom stereocenters. The van der Waals surface area contributed by atoms with E-state index in [9.17, 15) is 19.7 Å². The lowest BCUT2D eigenvalue weighted by molar-refractivity contribution is -0.384. The van der Waals surface area contributed by atoms with Crippen molar-refractivity contribution < 1.29 is 19.2 Å². The number of nitrogens with zero attached hydrogens (tertiary/aromatic N) is 3. The number of nitro groups is 1. The summed E-state index contributed by atoms with van der Waals surface area (Å²) in [6.45, 7) is 5.22. The van der Waals surface area contributed by atoms with Crippen LogP contribution in [0.15, 0.2) is 59.2 Å². The summed E-state index contributed by atoms with van der Waals surface area (Å²) in [4.78, 5) is 35.2. The first-order valence-electron chi connectivity index (χ1n) is 8.93. The molecule has 0 radical (unpaired) electrons. The van der Waals surface area contributed by atoms with Crippen molar-refractivity contribution in [3.8, 4) is 0 Å². The summed E-state index contributed by atoms with van der Waals surface area (Å²) in [5.74, 6) is -0.795. The lowest BCUT2D eigenvalue weighted by atomic mass is 10.1. The number of rotatable bonds is 5. The second kappa shape index (κ2) is 8.05. The van der Waals surface area contributed by atoms with Crippen molar-refractivity contribution in [3.63, 3.8) is 0 Å². The molecule has 0 fully saturated rings. The van der Waals surface area contributed by atoms with Crippen molar-refractivity contribution in [1.82, 2.24) is 0 Å². The number of hydrogen-bond donors (Lipinski definition) is 0. The maximum atomic E-state index is 12.8. The Bertz CT molecular complexity index is 1040. The molecule has 148 valence electrons. The van der Waals surface area contributed by atoms with Crippen molar-refractivity contribution in [3.05, 3.63) is 75.3 Å². The summed E-state index contributed by atoms with van der Waals surface area (Å²) in [6, 6.07) is 12.4. The van der Waals surface area contributed by atoms with Crippen LogP contribution < -0.4 is 5.01 Å². The molecule has 0 bridgehead atoms. The second-order valence-corrected chi connectivity index (χ2v) is 6.71. The van der Waals surface area contributed by atoms with E-state index in [-0.39, 0.29) is 17.7 Å². The van der Waals surface area contributed by atoms with Crippen LogP contribution in [0.2, 0.25) is 0 Å². The van der Waals surface area contributed by atoms with Gasteiger partial charge in [0.25, 0.3) is 11.6 Å². The fourth-order valence-corrected chi connectivity index (χ4v) is 2.77. The molecule has 1 aliphatic heterocycles. The number of carbonyl (C=O) groups excluding carboxylic acids is 2. The molecule has 1 aliphatic rings. The number of anilines is 1. The molecule has 8 nitrogen and oxygen atoms in total. The molecule has 8 heteroatoms. The molecule has 2 aromatic rings. The van der Waals surface area contributed by atoms with Crippen LogP contribution in [0.1, 0.15) is 36.7 Å². The summed E-state index contributed by atoms with van der Waals surface area (Å²) in [5, 5.41) is 16.5. The fraction of sp³-hybridized carbons (Fsp3) is 0.190. The molecule has 0 spiro atoms. The maximum absolute atomic E-state index is 12.8. The number of amides is 1. The molecule has 0 aromatic heterocycles. The topological polar surface area (TPSA) is 102 Å². The van der Waals surface area contributed by atoms with E-state index in [0.717, 1.165) is 0 Å². The van der Waals surface area contributed by atoms with Crippen molar-refractivity contribution in [2.24, 2.45) is 5.10 Å². The molecule has 29 heavy (non-hydrogen) atoms. The van der Waals surface area contributed by atoms with Gasteiger partial charge >= 0.3 is 5.97 Å². The standard InChI is InChI=1S/C21H19N3O5/c1-13(2)29-21(26)16-7-9-17(10-8-16)23-20(25)19(14(3)22-23)12-15-5-4-6-18(11-15)24(27)28/h4-13H,1-3H3. The quantitative estimate of drug-likeness (QED) is 0.331. The molecule has 0 saturated heterocycles. The SMILES string of the molecule is CC1=NN(c2ccc(C(=O)OC(C)C)cc2)C(=O)C1=Cc1cccc([N+](=O)[O-])c1. The first-order valence-corrected chi connectivity index (χ1v) is 8.93. The summed E-state index contributed by atoms with van der Waals surface area (Å²) in [5.41, 5.74) is 2.18. The minimum Gasteiger partial charge on any atom is -0.459 e. The van der Waals surface area contributed by atoms with Crippen LogP contribution in [0.25, 0.3) is 6.08 Å². The van der Waals surface area contributed by atoms with Crippen LogP contribution in [-0.2, 0) is 9.53 Å². The third-order valence-electron chi connectivity index (χ3n) is 4.14. The monoisotopic (exact) mass is 393 g/mol. The van der Waals surface area contributed by atoms with Gasteiger partial charge in [-0.3, -0.25) is 14.9 Å². The molecule has 1 heterocycles. The Kier molecular flexibility index (Phi) is 5.54. The first kappa shape index (κ1) is 19.9. The van der Waals surface area contributed by atoms with Crippen molar-refractivity contribution in [2.75, 3.05) is 5.01 Å². The number of non-ortho nitro benzene ring substituents is 1. The highest BCUT2D eigenvalue weighted by molar-refractivity contribution is 6.32. The highest BCUT2D eigenvalue weighted by Crippen LogP contribution is 2.26. The Morgan fingerprint density at radius 1 is 1.21 bits per heavy atom. The van der Waals surface area contributed by atoms with E-state index < -0.39 is 10.9 Å². The van der Waals surface area contributed by atoms with Crippen LogP contribution in [0.4, 0.5) is 11.4 Å². The maximum Gasteiger partial charge on any atom is 0.338 e. The average Bonchev–Trinajstić information content (AvgIpc) is 2.96. The van der Waals surface area contributed by atoms with E-state index in [4.69, 9.17) is 4.74 Å². The van der Waals surface area contributed by atoms with E-state index in [1.165, 1.54) is 17.1 Å². The molecule has 0 N–H and O–H groups in total. The predicted octanol–water partition coefficient (Wildman–Crippen LogP) is 3.97. The summed E-state index contributed by atoms with van der Waals surface area (Å²) in [6.07, 6.45) is 1.35. The number of esters is 1. The zero-order valence-corrected chi connectivity index (χ0v) is 16.2. The number of hydrazone groups is 1. The highest BCUT2D eigenvalue weighted by Gasteiger charge is 2.29. The Hall–Kier alpha value is -3.81. The van der Waals surface area contributed by atoms with Gasteiger partial charge in [-0.2, -0.15) is 10.1 Å². The Balaban J connectivity index is 1.84. The normalized spacial score (nSPS) is 15.0. The molecule has 0 unspecified atom stereocenters. The van der Waals surface area contributed by atoms with Crippen LogP contribution >= 0.6 is 0 Å². The van der Waals surface area contributed by atoms with E-state index in [0.29, 0.717) is 28.1 Å². The molecule has 3 rings (SSSR count). The number of nitro benzene ring substituents is 1. The predicted molar refractivity (Wildman–Crippen MR) is 109 cm³/mol. The molecular weight excluding hydrogens is 374 g/mol. The Morgan fingerprint density at radius 3 is 2.52 bits per heavy atom. The molecule has 0 saturated carbocycles. The number of hydrogen-bond acceptors (Lipinski definition) is 6. The minimum absolute atomic E-state index is 0.0554. The highest BCUT2D eigenvalue weighted by atomic mass is 16.6. The van der Waals surface area contributed by atoms with E-state index in [1.807, 2.05) is 0 Å². The van der Waals surface area contributed by atoms with Gasteiger partial charge in [-0.1, -0.05) is 12.1 Å². The summed E-state index contributed by atoms with van der Waals surface area (Å²) >= 11 is 0. The Labute approximate surface area is 167 Å². The third kappa shape index (κ3) is 4.37. The zero-order valence-electron chi connectivity index (χ0n) is 16.2. The van der Waals surface area contributed by atoms with E-state index >= 15 is 0 Å². The smallest absolute Gasteiger partial charge is 0.338 e. The lowest BCUT2D eigenvalue weighted by Crippen LogP contribution is -2.21. The Morgan fingerprint density at radius 2 is 1.90 bits per heavy atom. The van der Waals surface area contributed by atoms with Gasteiger partial charge in [0, 0.05) is 12.1 Å². The number of carbonyl (C=O) groups is 2. The van der Waals surface area contributed by atoms with Gasteiger partial charge in [-0.15, -0.1) is 0 Å². The second-order valence-electron chi connectivity index (χ2n) is 6.71. The van der Waals surface area contributed by atoms with Crippen molar-refractivity contribution in [1.29, 1.82) is 0 Å². The van der Waals surface area contributed by atoms with Gasteiger partial charge in [0.1, 0.15) is 0 Å². The van der Waals surface area contributed by atoms with Crippen LogP contribution in [0.5, 0.6) is 0 Å². The minimum atomic E-state index is -0.489. The molecule has 1 amide bonds. The van der Waals surface area contributed by atoms with Gasteiger partial charge in [-0.05, 0) is 56.7 Å². The van der Waals surface area contributed by atoms with Crippen LogP contribution in [0.3, 0.4) is 0 Å². The molecule has 2 aromatic carbocycles. The van der Waals surface area contributed by atoms with Gasteiger partial charge in [-0.25, -0.2) is 4.79 Å². The summed E-state index contributed by atoms with van der Waals surface area (Å²) in [7, 11) is 0. The number of ether oxygens (including phenoxy) is 1. The van der Waals surface area contributed by atoms with Gasteiger partial charge < -0.3 is 4.74 Å². The van der Waals surface area contributed by atoms with E-state index in [1.54, 1.807) is 63.2 Å². The average molecular weight is 393 g/mol. The van der Waals surface area contributed by atoms with Gasteiger partial charge in [0.2, 0.25) is 0 Å². The fourth-order valence-electron chi connectivity index (χ4n) is 2.77. The summed E-state index contributed by atoms with van der Waals surface area (Å²) < 4.78 is 5.15. The molecule has 0 aliphatic carbocycles. The van der Waals surface area contributed by atoms with Gasteiger partial charge in [0.05, 0.1) is 33.6 Å². The van der Waals surface area contributed by atoms with Crippen molar-refractivity contribution in [2.45, 2.75) is 26.9 Å². The molecular formula is C21H19N3O5. The van der Waals surface area contributed by atoms with Crippen molar-refractivity contribution >= 4 is 35.0 Å². The largest absolute Gasteiger partial charge is 0.459 e. The van der Waals surface area contributed by atoms with Gasteiger partial charge in [0.15, 0.2) is 0 Å². The van der Waals surface area contributed by atoms with E-state index in [2.05, 4.69) is 5.10 Å². The third-order valence-corrected chi connectivity index (χ3v) is 4.14. The lowest BCUT2D eigenvalue weighted by Gasteiger charge is -2.13. The first-order chi connectivity index (χ1) is 13.8.